The van der Waals surface area contributed by atoms with Crippen molar-refractivity contribution in [3.8, 4) is 11.5 Å². The van der Waals surface area contributed by atoms with Crippen molar-refractivity contribution in [3.05, 3.63) is 30.1 Å². The SMILES string of the molecule is CCS(=O)(=O)c1cc(C2CC2)cnc1-c1nc2cc(SC(F)(F)F)cnc2n1C. The van der Waals surface area contributed by atoms with Crippen molar-refractivity contribution in [2.24, 2.45) is 7.05 Å². The van der Waals surface area contributed by atoms with Crippen molar-refractivity contribution in [2.75, 3.05) is 5.75 Å². The molecule has 1 fully saturated rings. The van der Waals surface area contributed by atoms with Gasteiger partial charge >= 0.3 is 5.51 Å². The molecule has 1 aliphatic carbocycles. The van der Waals surface area contributed by atoms with E-state index >= 15 is 0 Å². The van der Waals surface area contributed by atoms with Gasteiger partial charge in [0, 0.05) is 24.3 Å². The molecule has 1 saturated carbocycles. The van der Waals surface area contributed by atoms with Crippen LogP contribution in [0.1, 0.15) is 31.2 Å². The molecule has 0 N–H and O–H groups in total. The average Bonchev–Trinajstić information content (AvgIpc) is 3.45. The van der Waals surface area contributed by atoms with Crippen LogP contribution in [0, 0.1) is 0 Å². The number of rotatable bonds is 5. The minimum atomic E-state index is -4.43. The van der Waals surface area contributed by atoms with Gasteiger partial charge in [-0.3, -0.25) is 4.98 Å². The molecule has 29 heavy (non-hydrogen) atoms. The number of aryl methyl sites for hydroxylation is 1. The first kappa shape index (κ1) is 20.1. The van der Waals surface area contributed by atoms with Crippen LogP contribution < -0.4 is 0 Å². The van der Waals surface area contributed by atoms with Gasteiger partial charge in [-0.1, -0.05) is 6.92 Å². The monoisotopic (exact) mass is 442 g/mol. The van der Waals surface area contributed by atoms with Crippen LogP contribution in [-0.2, 0) is 16.9 Å². The number of hydrogen-bond donors (Lipinski definition) is 0. The zero-order valence-electron chi connectivity index (χ0n) is 15.6. The number of thioether (sulfide) groups is 1. The highest BCUT2D eigenvalue weighted by Gasteiger charge is 2.31. The maximum absolute atomic E-state index is 12.7. The summed E-state index contributed by atoms with van der Waals surface area (Å²) in [5, 5.41) is 0. The predicted molar refractivity (Wildman–Crippen MR) is 103 cm³/mol. The Morgan fingerprint density at radius 2 is 1.93 bits per heavy atom. The third kappa shape index (κ3) is 3.97. The van der Waals surface area contributed by atoms with Gasteiger partial charge in [-0.25, -0.2) is 18.4 Å². The smallest absolute Gasteiger partial charge is 0.310 e. The van der Waals surface area contributed by atoms with Gasteiger partial charge in [0.25, 0.3) is 0 Å². The molecule has 6 nitrogen and oxygen atoms in total. The van der Waals surface area contributed by atoms with E-state index in [1.807, 2.05) is 0 Å². The van der Waals surface area contributed by atoms with Crippen LogP contribution in [0.2, 0.25) is 0 Å². The highest BCUT2D eigenvalue weighted by molar-refractivity contribution is 8.00. The lowest BCUT2D eigenvalue weighted by Crippen LogP contribution is -2.09. The lowest BCUT2D eigenvalue weighted by molar-refractivity contribution is -0.0328. The normalized spacial score (nSPS) is 15.2. The fourth-order valence-corrected chi connectivity index (χ4v) is 4.73. The molecule has 3 aromatic rings. The van der Waals surface area contributed by atoms with Crippen molar-refractivity contribution in [1.82, 2.24) is 19.5 Å². The summed E-state index contributed by atoms with van der Waals surface area (Å²) < 4.78 is 64.9. The topological polar surface area (TPSA) is 77.7 Å². The van der Waals surface area contributed by atoms with E-state index < -0.39 is 15.3 Å². The predicted octanol–water partition coefficient (Wildman–Crippen LogP) is 4.31. The second kappa shape index (κ2) is 6.98. The molecule has 3 aromatic heterocycles. The molecular weight excluding hydrogens is 425 g/mol. The lowest BCUT2D eigenvalue weighted by Gasteiger charge is -2.10. The Balaban J connectivity index is 1.87. The van der Waals surface area contributed by atoms with Gasteiger partial charge in [0.05, 0.1) is 10.6 Å². The largest absolute Gasteiger partial charge is 0.446 e. The Kier molecular flexibility index (Phi) is 4.85. The highest BCUT2D eigenvalue weighted by Crippen LogP contribution is 2.42. The minimum Gasteiger partial charge on any atom is -0.310 e. The molecule has 1 aliphatic rings. The Labute approximate surface area is 169 Å². The molecule has 0 bridgehead atoms. The number of aromatic nitrogens is 4. The van der Waals surface area contributed by atoms with Gasteiger partial charge in [-0.05, 0) is 48.2 Å². The van der Waals surface area contributed by atoms with E-state index in [-0.39, 0.29) is 44.3 Å². The summed E-state index contributed by atoms with van der Waals surface area (Å²) in [7, 11) is -1.95. The van der Waals surface area contributed by atoms with Gasteiger partial charge in [-0.15, -0.1) is 0 Å². The molecule has 0 unspecified atom stereocenters. The van der Waals surface area contributed by atoms with E-state index in [0.717, 1.165) is 24.6 Å². The third-order valence-corrected chi connectivity index (χ3v) is 7.20. The van der Waals surface area contributed by atoms with Crippen LogP contribution in [0.25, 0.3) is 22.7 Å². The van der Waals surface area contributed by atoms with Crippen LogP contribution in [0.4, 0.5) is 13.2 Å². The van der Waals surface area contributed by atoms with E-state index in [1.54, 1.807) is 30.8 Å². The van der Waals surface area contributed by atoms with Crippen molar-refractivity contribution >= 4 is 32.8 Å². The molecule has 0 amide bonds. The molecule has 0 aliphatic heterocycles. The van der Waals surface area contributed by atoms with Crippen molar-refractivity contribution in [1.29, 1.82) is 0 Å². The molecule has 0 aromatic carbocycles. The second-order valence-corrected chi connectivity index (χ2v) is 10.2. The van der Waals surface area contributed by atoms with Crippen LogP contribution in [0.5, 0.6) is 0 Å². The summed E-state index contributed by atoms with van der Waals surface area (Å²) in [6, 6.07) is 2.94. The van der Waals surface area contributed by atoms with Gasteiger partial charge < -0.3 is 4.57 Å². The Bertz CT molecular complexity index is 1200. The van der Waals surface area contributed by atoms with Crippen molar-refractivity contribution < 1.29 is 21.6 Å². The van der Waals surface area contributed by atoms with Gasteiger partial charge in [0.15, 0.2) is 21.3 Å². The molecule has 4 rings (SSSR count). The Hall–Kier alpha value is -2.14. The summed E-state index contributed by atoms with van der Waals surface area (Å²) in [6.07, 6.45) is 4.78. The number of pyridine rings is 2. The molecule has 0 saturated heterocycles. The molecule has 0 spiro atoms. The molecular formula is C18H17F3N4O2S2. The minimum absolute atomic E-state index is 0.0897. The lowest BCUT2D eigenvalue weighted by atomic mass is 10.2. The number of sulfone groups is 1. The standard InChI is InChI=1S/C18H17F3N4O2S2/c1-3-29(26,27)14-6-11(10-4-5-10)8-22-15(14)17-24-13-7-12(28-18(19,20)21)9-23-16(13)25(17)2/h6-10H,3-5H2,1-2H3. The molecule has 11 heteroatoms. The molecule has 3 heterocycles. The number of halogens is 3. The van der Waals surface area contributed by atoms with E-state index in [0.29, 0.717) is 11.6 Å². The van der Waals surface area contributed by atoms with Crippen molar-refractivity contribution in [2.45, 2.75) is 41.0 Å². The highest BCUT2D eigenvalue weighted by atomic mass is 32.2. The quantitative estimate of drug-likeness (QED) is 0.548. The molecule has 154 valence electrons. The zero-order chi connectivity index (χ0) is 21.0. The molecule has 0 atom stereocenters. The first-order chi connectivity index (χ1) is 13.6. The van der Waals surface area contributed by atoms with E-state index in [1.165, 1.54) is 6.07 Å². The van der Waals surface area contributed by atoms with E-state index in [9.17, 15) is 21.6 Å². The van der Waals surface area contributed by atoms with Crippen LogP contribution in [-0.4, -0.2) is 39.2 Å². The maximum Gasteiger partial charge on any atom is 0.446 e. The fraction of sp³-hybridized carbons (Fsp3) is 0.389. The van der Waals surface area contributed by atoms with Gasteiger partial charge in [0.2, 0.25) is 0 Å². The first-order valence-corrected chi connectivity index (χ1v) is 11.4. The number of nitrogens with zero attached hydrogens (tertiary/aromatic N) is 4. The Morgan fingerprint density at radius 1 is 1.21 bits per heavy atom. The van der Waals surface area contributed by atoms with Crippen LogP contribution in [0.15, 0.2) is 34.3 Å². The number of hydrogen-bond acceptors (Lipinski definition) is 6. The number of fused-ring (bicyclic) bond motifs is 1. The third-order valence-electron chi connectivity index (χ3n) is 4.77. The molecule has 0 radical (unpaired) electrons. The second-order valence-electron chi connectivity index (χ2n) is 6.85. The maximum atomic E-state index is 12.7. The number of imidazole rings is 1. The van der Waals surface area contributed by atoms with Gasteiger partial charge in [-0.2, -0.15) is 13.2 Å². The summed E-state index contributed by atoms with van der Waals surface area (Å²) in [6.45, 7) is 1.56. The Morgan fingerprint density at radius 3 is 2.55 bits per heavy atom. The first-order valence-electron chi connectivity index (χ1n) is 8.90. The fourth-order valence-electron chi connectivity index (χ4n) is 3.12. The summed E-state index contributed by atoms with van der Waals surface area (Å²) in [4.78, 5) is 12.8. The van der Waals surface area contributed by atoms with E-state index in [4.69, 9.17) is 0 Å². The summed E-state index contributed by atoms with van der Waals surface area (Å²) >= 11 is -0.274. The summed E-state index contributed by atoms with van der Waals surface area (Å²) in [5.41, 5.74) is -2.79. The van der Waals surface area contributed by atoms with E-state index in [2.05, 4.69) is 15.0 Å². The summed E-state index contributed by atoms with van der Waals surface area (Å²) in [5.74, 6) is 0.479. The zero-order valence-corrected chi connectivity index (χ0v) is 17.2. The van der Waals surface area contributed by atoms with Crippen molar-refractivity contribution in [3.63, 3.8) is 0 Å². The van der Waals surface area contributed by atoms with Gasteiger partial charge in [0.1, 0.15) is 11.2 Å². The van der Waals surface area contributed by atoms with Crippen LogP contribution >= 0.6 is 11.8 Å². The van der Waals surface area contributed by atoms with Crippen LogP contribution in [0.3, 0.4) is 0 Å². The number of alkyl halides is 3. The average molecular weight is 442 g/mol.